The fourth-order valence-electron chi connectivity index (χ4n) is 4.42. The van der Waals surface area contributed by atoms with Gasteiger partial charge >= 0.3 is 5.97 Å². The van der Waals surface area contributed by atoms with Crippen molar-refractivity contribution in [3.63, 3.8) is 0 Å². The zero-order chi connectivity index (χ0) is 20.8. The SMILES string of the molecule is CCCC1CCC(C2CC=C(C(=O)Oc3ccc(OCC)c(F)c3F)OC2)CC1. The zero-order valence-corrected chi connectivity index (χ0v) is 17.2. The molecule has 0 aromatic heterocycles. The van der Waals surface area contributed by atoms with Crippen molar-refractivity contribution in [2.24, 2.45) is 17.8 Å². The van der Waals surface area contributed by atoms with E-state index in [2.05, 4.69) is 6.92 Å². The molecule has 1 aliphatic carbocycles. The van der Waals surface area contributed by atoms with Gasteiger partial charge in [0.1, 0.15) is 0 Å². The highest BCUT2D eigenvalue weighted by molar-refractivity contribution is 5.88. The van der Waals surface area contributed by atoms with Crippen LogP contribution in [0.15, 0.2) is 24.0 Å². The molecule has 0 amide bonds. The Bertz CT molecular complexity index is 739. The monoisotopic (exact) mass is 408 g/mol. The molecule has 6 heteroatoms. The summed E-state index contributed by atoms with van der Waals surface area (Å²) in [5, 5.41) is 0. The predicted octanol–water partition coefficient (Wildman–Crippen LogP) is 5.80. The Morgan fingerprint density at radius 2 is 1.76 bits per heavy atom. The van der Waals surface area contributed by atoms with Crippen molar-refractivity contribution >= 4 is 5.97 Å². The van der Waals surface area contributed by atoms with Crippen molar-refractivity contribution in [2.75, 3.05) is 13.2 Å². The average Bonchev–Trinajstić information content (AvgIpc) is 2.74. The Hall–Kier alpha value is -2.11. The molecule has 4 nitrogen and oxygen atoms in total. The maximum absolute atomic E-state index is 14.1. The summed E-state index contributed by atoms with van der Waals surface area (Å²) in [5.41, 5.74) is 0. The molecule has 29 heavy (non-hydrogen) atoms. The largest absolute Gasteiger partial charge is 0.491 e. The molecule has 1 saturated carbocycles. The third-order valence-corrected chi connectivity index (χ3v) is 6.03. The minimum absolute atomic E-state index is 0.0645. The quantitative estimate of drug-likeness (QED) is 0.423. The fraction of sp³-hybridized carbons (Fsp3) is 0.609. The molecule has 1 atom stereocenters. The minimum atomic E-state index is -1.25. The molecule has 1 fully saturated rings. The number of hydrogen-bond donors (Lipinski definition) is 0. The molecular formula is C23H30F2O4. The van der Waals surface area contributed by atoms with E-state index in [1.165, 1.54) is 50.7 Å². The molecule has 1 aromatic carbocycles. The number of allylic oxidation sites excluding steroid dienone is 1. The normalized spacial score (nSPS) is 24.4. The summed E-state index contributed by atoms with van der Waals surface area (Å²) in [6.07, 6.45) is 9.99. The van der Waals surface area contributed by atoms with Crippen LogP contribution in [-0.4, -0.2) is 19.2 Å². The molecule has 0 saturated heterocycles. The Kier molecular flexibility index (Phi) is 7.51. The first-order valence-electron chi connectivity index (χ1n) is 10.7. The van der Waals surface area contributed by atoms with Gasteiger partial charge < -0.3 is 14.2 Å². The lowest BCUT2D eigenvalue weighted by molar-refractivity contribution is -0.135. The number of benzene rings is 1. The van der Waals surface area contributed by atoms with Crippen LogP contribution in [0.25, 0.3) is 0 Å². The van der Waals surface area contributed by atoms with Crippen LogP contribution in [0.2, 0.25) is 0 Å². The maximum atomic E-state index is 14.1. The van der Waals surface area contributed by atoms with Gasteiger partial charge in [-0.2, -0.15) is 8.78 Å². The van der Waals surface area contributed by atoms with Crippen molar-refractivity contribution in [1.82, 2.24) is 0 Å². The van der Waals surface area contributed by atoms with E-state index in [-0.39, 0.29) is 18.1 Å². The van der Waals surface area contributed by atoms with Crippen molar-refractivity contribution in [3.8, 4) is 11.5 Å². The molecule has 0 N–H and O–H groups in total. The molecule has 0 bridgehead atoms. The van der Waals surface area contributed by atoms with E-state index in [4.69, 9.17) is 14.2 Å². The van der Waals surface area contributed by atoms with Crippen molar-refractivity contribution in [1.29, 1.82) is 0 Å². The molecule has 2 aliphatic rings. The van der Waals surface area contributed by atoms with Crippen LogP contribution < -0.4 is 9.47 Å². The second-order valence-corrected chi connectivity index (χ2v) is 7.96. The molecule has 1 heterocycles. The van der Waals surface area contributed by atoms with E-state index in [9.17, 15) is 13.6 Å². The molecule has 1 aliphatic heterocycles. The van der Waals surface area contributed by atoms with Gasteiger partial charge in [0, 0.05) is 0 Å². The number of carbonyl (C=O) groups excluding carboxylic acids is 1. The first-order valence-corrected chi connectivity index (χ1v) is 10.7. The topological polar surface area (TPSA) is 44.8 Å². The van der Waals surface area contributed by atoms with Crippen LogP contribution in [0.1, 0.15) is 58.8 Å². The minimum Gasteiger partial charge on any atom is -0.491 e. The van der Waals surface area contributed by atoms with Gasteiger partial charge in [-0.15, -0.1) is 0 Å². The lowest BCUT2D eigenvalue weighted by atomic mass is 9.73. The van der Waals surface area contributed by atoms with Gasteiger partial charge in [0.2, 0.25) is 17.4 Å². The summed E-state index contributed by atoms with van der Waals surface area (Å²) >= 11 is 0. The third-order valence-electron chi connectivity index (χ3n) is 6.03. The van der Waals surface area contributed by atoms with Gasteiger partial charge in [0.15, 0.2) is 11.5 Å². The summed E-state index contributed by atoms with van der Waals surface area (Å²) in [7, 11) is 0. The van der Waals surface area contributed by atoms with Crippen LogP contribution in [0.4, 0.5) is 8.78 Å². The highest BCUT2D eigenvalue weighted by atomic mass is 19.2. The summed E-state index contributed by atoms with van der Waals surface area (Å²) < 4.78 is 43.7. The van der Waals surface area contributed by atoms with Gasteiger partial charge in [-0.1, -0.05) is 32.6 Å². The molecule has 1 unspecified atom stereocenters. The van der Waals surface area contributed by atoms with Crippen LogP contribution >= 0.6 is 0 Å². The number of rotatable bonds is 7. The highest BCUT2D eigenvalue weighted by Gasteiger charge is 2.31. The van der Waals surface area contributed by atoms with Crippen molar-refractivity contribution in [2.45, 2.75) is 58.8 Å². The summed E-state index contributed by atoms with van der Waals surface area (Å²) in [4.78, 5) is 12.3. The predicted molar refractivity (Wildman–Crippen MR) is 106 cm³/mol. The van der Waals surface area contributed by atoms with E-state index < -0.39 is 23.4 Å². The number of hydrogen-bond acceptors (Lipinski definition) is 4. The van der Waals surface area contributed by atoms with Crippen LogP contribution in [-0.2, 0) is 9.53 Å². The van der Waals surface area contributed by atoms with Crippen molar-refractivity contribution in [3.05, 3.63) is 35.6 Å². The summed E-state index contributed by atoms with van der Waals surface area (Å²) in [6.45, 7) is 4.57. The van der Waals surface area contributed by atoms with E-state index >= 15 is 0 Å². The van der Waals surface area contributed by atoms with Crippen LogP contribution in [0, 0.1) is 29.4 Å². The molecular weight excluding hydrogens is 378 g/mol. The third kappa shape index (κ3) is 5.28. The smallest absolute Gasteiger partial charge is 0.378 e. The van der Waals surface area contributed by atoms with Gasteiger partial charge in [-0.05, 0) is 62.1 Å². The Morgan fingerprint density at radius 3 is 2.38 bits per heavy atom. The fourth-order valence-corrected chi connectivity index (χ4v) is 4.42. The number of carbonyl (C=O) groups is 1. The van der Waals surface area contributed by atoms with E-state index in [0.717, 1.165) is 12.3 Å². The first kappa shape index (κ1) is 21.6. The second kappa shape index (κ2) is 10.1. The van der Waals surface area contributed by atoms with E-state index in [1.54, 1.807) is 13.0 Å². The average molecular weight is 408 g/mol. The van der Waals surface area contributed by atoms with E-state index in [1.807, 2.05) is 0 Å². The Morgan fingerprint density at radius 1 is 1.07 bits per heavy atom. The summed E-state index contributed by atoms with van der Waals surface area (Å²) in [6, 6.07) is 2.42. The molecule has 0 spiro atoms. The summed E-state index contributed by atoms with van der Waals surface area (Å²) in [5.74, 6) is -1.98. The highest BCUT2D eigenvalue weighted by Crippen LogP contribution is 2.38. The molecule has 0 radical (unpaired) electrons. The van der Waals surface area contributed by atoms with Crippen molar-refractivity contribution < 1.29 is 27.8 Å². The Labute approximate surface area is 171 Å². The number of halogens is 2. The van der Waals surface area contributed by atoms with Gasteiger partial charge in [-0.3, -0.25) is 0 Å². The zero-order valence-electron chi connectivity index (χ0n) is 17.2. The van der Waals surface area contributed by atoms with Crippen LogP contribution in [0.5, 0.6) is 11.5 Å². The lowest BCUT2D eigenvalue weighted by Crippen LogP contribution is -2.29. The van der Waals surface area contributed by atoms with Gasteiger partial charge in [0.25, 0.3) is 0 Å². The Balaban J connectivity index is 1.55. The number of esters is 1. The first-order chi connectivity index (χ1) is 14.0. The molecule has 3 rings (SSSR count). The maximum Gasteiger partial charge on any atom is 0.378 e. The van der Waals surface area contributed by atoms with Gasteiger partial charge in [0.05, 0.1) is 13.2 Å². The second-order valence-electron chi connectivity index (χ2n) is 7.96. The van der Waals surface area contributed by atoms with Gasteiger partial charge in [-0.25, -0.2) is 4.79 Å². The molecule has 160 valence electrons. The van der Waals surface area contributed by atoms with Crippen LogP contribution in [0.3, 0.4) is 0 Å². The standard InChI is InChI=1S/C23H30F2O4/c1-3-5-15-6-8-16(9-7-15)17-10-11-20(28-14-17)23(26)29-19-13-12-18(27-4-2)21(24)22(19)25/h11-13,15-17H,3-10,14H2,1-2H3. The number of ether oxygens (including phenoxy) is 3. The lowest BCUT2D eigenvalue weighted by Gasteiger charge is -2.35. The van der Waals surface area contributed by atoms with E-state index in [0.29, 0.717) is 18.4 Å². The molecule has 1 aromatic rings.